The van der Waals surface area contributed by atoms with E-state index in [1.54, 1.807) is 12.1 Å². The average Bonchev–Trinajstić information content (AvgIpc) is 2.71. The fourth-order valence-corrected chi connectivity index (χ4v) is 5.43. The lowest BCUT2D eigenvalue weighted by Gasteiger charge is -2.30. The number of hydrogen-bond donors (Lipinski definition) is 2. The molecule has 0 saturated heterocycles. The summed E-state index contributed by atoms with van der Waals surface area (Å²) in [5.74, 6) is 0.852. The van der Waals surface area contributed by atoms with Crippen molar-refractivity contribution in [3.05, 3.63) is 64.2 Å². The van der Waals surface area contributed by atoms with Crippen LogP contribution in [-0.4, -0.2) is 50.7 Å². The fourth-order valence-electron chi connectivity index (χ4n) is 3.94. The second-order valence-corrected chi connectivity index (χ2v) is 11.3. The number of nitrogens with one attached hydrogen (secondary N) is 1. The van der Waals surface area contributed by atoms with E-state index in [0.29, 0.717) is 18.4 Å². The molecule has 9 heteroatoms. The van der Waals surface area contributed by atoms with Gasteiger partial charge in [-0.3, -0.25) is 14.4 Å². The fraction of sp³-hybridized carbons (Fsp3) is 0.500. The maximum absolute atomic E-state index is 13.5. The van der Waals surface area contributed by atoms with Gasteiger partial charge < -0.3 is 10.0 Å². The highest BCUT2D eigenvalue weighted by molar-refractivity contribution is 7.92. The molecule has 0 radical (unpaired) electrons. The summed E-state index contributed by atoms with van der Waals surface area (Å²) in [6.07, 6.45) is -0.947. The van der Waals surface area contributed by atoms with E-state index in [1.165, 1.54) is 41.3 Å². The molecule has 2 aromatic carbocycles. The molecule has 0 aliphatic heterocycles. The minimum absolute atomic E-state index is 0.0698. The summed E-state index contributed by atoms with van der Waals surface area (Å²) in [5, 5.41) is 22.2. The van der Waals surface area contributed by atoms with Gasteiger partial charge in [-0.25, -0.2) is 8.42 Å². The van der Waals surface area contributed by atoms with E-state index in [9.17, 15) is 23.6 Å². The largest absolute Gasteiger partial charge is 0.385 e. The summed E-state index contributed by atoms with van der Waals surface area (Å²) < 4.78 is 28.2. The van der Waals surface area contributed by atoms with Crippen molar-refractivity contribution in [3.63, 3.8) is 0 Å². The second kappa shape index (κ2) is 11.6. The Balaban J connectivity index is 2.41. The number of nitro groups is 1. The Morgan fingerprint density at radius 3 is 2.09 bits per heavy atom. The first-order chi connectivity index (χ1) is 15.4. The van der Waals surface area contributed by atoms with Gasteiger partial charge in [0.15, 0.2) is 0 Å². The van der Waals surface area contributed by atoms with E-state index in [0.717, 1.165) is 23.0 Å². The third-order valence-electron chi connectivity index (χ3n) is 5.23. The molecular weight excluding hydrogens is 442 g/mol. The number of hydrogen-bond acceptors (Lipinski definition) is 5. The van der Waals surface area contributed by atoms with E-state index < -0.39 is 21.1 Å². The Kier molecular flexibility index (Phi) is 9.39. The van der Waals surface area contributed by atoms with Crippen LogP contribution < -0.4 is 9.21 Å². The van der Waals surface area contributed by atoms with Crippen molar-refractivity contribution in [3.8, 4) is 0 Å². The van der Waals surface area contributed by atoms with Crippen molar-refractivity contribution in [2.45, 2.75) is 45.6 Å². The predicted molar refractivity (Wildman–Crippen MR) is 130 cm³/mol. The third-order valence-corrected chi connectivity index (χ3v) is 7.04. The van der Waals surface area contributed by atoms with Crippen molar-refractivity contribution in [2.75, 3.05) is 30.5 Å². The van der Waals surface area contributed by atoms with Gasteiger partial charge in [0.25, 0.3) is 15.7 Å². The minimum atomic E-state index is -4.05. The van der Waals surface area contributed by atoms with Crippen molar-refractivity contribution in [2.24, 2.45) is 11.8 Å². The first kappa shape index (κ1) is 26.8. The molecule has 8 nitrogen and oxygen atoms in total. The Morgan fingerprint density at radius 2 is 1.58 bits per heavy atom. The molecule has 0 fully saturated rings. The lowest BCUT2D eigenvalue weighted by Crippen LogP contribution is -3.14. The zero-order valence-corrected chi connectivity index (χ0v) is 20.9. The molecule has 182 valence electrons. The minimum Gasteiger partial charge on any atom is -0.385 e. The Morgan fingerprint density at radius 1 is 1.00 bits per heavy atom. The Bertz CT molecular complexity index is 1010. The maximum Gasteiger partial charge on any atom is 0.271 e. The summed E-state index contributed by atoms with van der Waals surface area (Å²) in [5.41, 5.74) is 0.855. The summed E-state index contributed by atoms with van der Waals surface area (Å²) in [6.45, 7) is 12.2. The molecule has 0 aromatic heterocycles. The highest BCUT2D eigenvalue weighted by Gasteiger charge is 2.30. The van der Waals surface area contributed by atoms with Gasteiger partial charge in [0.05, 0.1) is 35.1 Å². The normalized spacial score (nSPS) is 13.0. The van der Waals surface area contributed by atoms with E-state index in [4.69, 9.17) is 0 Å². The number of benzene rings is 2. The highest BCUT2D eigenvalue weighted by atomic mass is 32.2. The standard InChI is InChI=1S/C24H35N3O5S/c1-18(2)14-25(15-19(3)4)16-23(28)17-26(21-7-6-8-22(13-21)27(29)30)33(31,32)24-11-9-20(5)10-12-24/h6-13,18-19,23,28H,14-17H2,1-5H3/p+1/t23-/m1/s1. The summed E-state index contributed by atoms with van der Waals surface area (Å²) >= 11 is 0. The van der Waals surface area contributed by atoms with Crippen molar-refractivity contribution in [1.82, 2.24) is 0 Å². The average molecular weight is 479 g/mol. The van der Waals surface area contributed by atoms with Gasteiger partial charge >= 0.3 is 0 Å². The summed E-state index contributed by atoms with van der Waals surface area (Å²) in [6, 6.07) is 11.9. The van der Waals surface area contributed by atoms with Crippen LogP contribution in [-0.2, 0) is 10.0 Å². The van der Waals surface area contributed by atoms with Crippen LogP contribution in [0.25, 0.3) is 0 Å². The molecule has 0 aliphatic carbocycles. The highest BCUT2D eigenvalue weighted by Crippen LogP contribution is 2.27. The van der Waals surface area contributed by atoms with Crippen LogP contribution in [0.3, 0.4) is 0 Å². The first-order valence-electron chi connectivity index (χ1n) is 11.3. The number of sulfonamides is 1. The van der Waals surface area contributed by atoms with Gasteiger partial charge in [-0.15, -0.1) is 0 Å². The number of rotatable bonds is 12. The first-order valence-corrected chi connectivity index (χ1v) is 12.7. The second-order valence-electron chi connectivity index (χ2n) is 9.43. The number of anilines is 1. The van der Waals surface area contributed by atoms with Crippen LogP contribution in [0, 0.1) is 28.9 Å². The zero-order chi connectivity index (χ0) is 24.8. The number of non-ortho nitro benzene ring substituents is 1. The number of aliphatic hydroxyl groups excluding tert-OH is 1. The van der Waals surface area contributed by atoms with Crippen LogP contribution in [0.2, 0.25) is 0 Å². The quantitative estimate of drug-likeness (QED) is 0.360. The van der Waals surface area contributed by atoms with E-state index >= 15 is 0 Å². The number of aryl methyl sites for hydroxylation is 1. The smallest absolute Gasteiger partial charge is 0.271 e. The maximum atomic E-state index is 13.5. The van der Waals surface area contributed by atoms with Gasteiger partial charge in [0, 0.05) is 24.0 Å². The van der Waals surface area contributed by atoms with Crippen molar-refractivity contribution < 1.29 is 23.3 Å². The van der Waals surface area contributed by atoms with Crippen LogP contribution in [0.5, 0.6) is 0 Å². The molecule has 2 rings (SSSR count). The summed E-state index contributed by atoms with van der Waals surface area (Å²) in [4.78, 5) is 12.0. The molecule has 0 bridgehead atoms. The Labute approximate surface area is 197 Å². The monoisotopic (exact) mass is 478 g/mol. The van der Waals surface area contributed by atoms with Crippen LogP contribution in [0.4, 0.5) is 11.4 Å². The zero-order valence-electron chi connectivity index (χ0n) is 20.1. The van der Waals surface area contributed by atoms with Crippen LogP contribution >= 0.6 is 0 Å². The molecule has 0 saturated carbocycles. The molecule has 2 N–H and O–H groups in total. The lowest BCUT2D eigenvalue weighted by atomic mass is 10.1. The Hall–Kier alpha value is -2.49. The summed E-state index contributed by atoms with van der Waals surface area (Å²) in [7, 11) is -4.05. The van der Waals surface area contributed by atoms with Crippen LogP contribution in [0.1, 0.15) is 33.3 Å². The number of aliphatic hydroxyl groups is 1. The SMILES string of the molecule is Cc1ccc(S(=O)(=O)N(C[C@H](O)C[NH+](CC(C)C)CC(C)C)c2cccc([N+](=O)[O-])c2)cc1. The van der Waals surface area contributed by atoms with Crippen molar-refractivity contribution in [1.29, 1.82) is 0 Å². The molecule has 0 spiro atoms. The van der Waals surface area contributed by atoms with Gasteiger partial charge in [0.2, 0.25) is 0 Å². The van der Waals surface area contributed by atoms with E-state index in [-0.39, 0.29) is 22.8 Å². The van der Waals surface area contributed by atoms with Crippen LogP contribution in [0.15, 0.2) is 53.4 Å². The molecular formula is C24H36N3O5S+. The number of nitrogens with zero attached hydrogens (tertiary/aromatic N) is 2. The number of quaternary nitrogens is 1. The molecule has 0 unspecified atom stereocenters. The third kappa shape index (κ3) is 7.80. The molecule has 2 aromatic rings. The van der Waals surface area contributed by atoms with Gasteiger partial charge in [-0.1, -0.05) is 51.5 Å². The predicted octanol–water partition coefficient (Wildman–Crippen LogP) is 2.66. The van der Waals surface area contributed by atoms with E-state index in [2.05, 4.69) is 27.7 Å². The molecule has 0 aliphatic rings. The van der Waals surface area contributed by atoms with Gasteiger partial charge in [-0.2, -0.15) is 0 Å². The van der Waals surface area contributed by atoms with Gasteiger partial charge in [0.1, 0.15) is 12.6 Å². The lowest BCUT2D eigenvalue weighted by molar-refractivity contribution is -0.909. The molecule has 33 heavy (non-hydrogen) atoms. The number of nitro benzene ring substituents is 1. The topological polar surface area (TPSA) is 105 Å². The molecule has 1 atom stereocenters. The van der Waals surface area contributed by atoms with Gasteiger partial charge in [-0.05, 0) is 25.1 Å². The van der Waals surface area contributed by atoms with E-state index in [1.807, 2.05) is 6.92 Å². The molecule has 0 heterocycles. The van der Waals surface area contributed by atoms with Crippen molar-refractivity contribution >= 4 is 21.4 Å². The molecule has 0 amide bonds.